The van der Waals surface area contributed by atoms with Crippen molar-refractivity contribution in [2.24, 2.45) is 0 Å². The molecule has 0 bridgehead atoms. The molecular weight excluding hydrogens is 256 g/mol. The lowest BCUT2D eigenvalue weighted by Crippen LogP contribution is -2.19. The summed E-state index contributed by atoms with van der Waals surface area (Å²) >= 11 is 1.81. The standard InChI is InChI=1S/C15H20N2OS/c1-17(10-14-3-2-8-19-14)11-15-12(6-7-18-15)9-16-13-4-5-13/h2-3,6-8,13,16H,4-5,9-11H2,1H3. The summed E-state index contributed by atoms with van der Waals surface area (Å²) in [6, 6.07) is 7.11. The van der Waals surface area contributed by atoms with Gasteiger partial charge in [-0.2, -0.15) is 0 Å². The van der Waals surface area contributed by atoms with Crippen LogP contribution in [-0.4, -0.2) is 18.0 Å². The van der Waals surface area contributed by atoms with E-state index in [0.29, 0.717) is 0 Å². The molecule has 0 saturated heterocycles. The molecule has 0 aromatic carbocycles. The second-order valence-electron chi connectivity index (χ2n) is 5.28. The zero-order valence-corrected chi connectivity index (χ0v) is 12.1. The molecule has 0 atom stereocenters. The van der Waals surface area contributed by atoms with Crippen LogP contribution < -0.4 is 5.32 Å². The second-order valence-corrected chi connectivity index (χ2v) is 6.31. The van der Waals surface area contributed by atoms with Crippen molar-refractivity contribution in [3.8, 4) is 0 Å². The van der Waals surface area contributed by atoms with E-state index in [-0.39, 0.29) is 0 Å². The highest BCUT2D eigenvalue weighted by atomic mass is 32.1. The van der Waals surface area contributed by atoms with Crippen molar-refractivity contribution in [3.05, 3.63) is 46.0 Å². The van der Waals surface area contributed by atoms with Crippen molar-refractivity contribution < 1.29 is 4.42 Å². The molecule has 19 heavy (non-hydrogen) atoms. The lowest BCUT2D eigenvalue weighted by Gasteiger charge is -2.15. The maximum atomic E-state index is 5.63. The predicted octanol–water partition coefficient (Wildman–Crippen LogP) is 3.23. The summed E-state index contributed by atoms with van der Waals surface area (Å²) < 4.78 is 5.63. The summed E-state index contributed by atoms with van der Waals surface area (Å²) in [4.78, 5) is 3.69. The van der Waals surface area contributed by atoms with E-state index >= 15 is 0 Å². The molecular formula is C15H20N2OS. The summed E-state index contributed by atoms with van der Waals surface area (Å²) in [6.45, 7) is 2.78. The fourth-order valence-corrected chi connectivity index (χ4v) is 2.96. The third-order valence-corrected chi connectivity index (χ3v) is 4.28. The average molecular weight is 276 g/mol. The molecule has 1 aliphatic rings. The number of rotatable bonds is 7. The van der Waals surface area contributed by atoms with E-state index in [1.165, 1.54) is 23.3 Å². The van der Waals surface area contributed by atoms with Gasteiger partial charge in [0.05, 0.1) is 12.8 Å². The summed E-state index contributed by atoms with van der Waals surface area (Å²) in [6.07, 6.45) is 4.45. The number of thiophene rings is 1. The molecule has 2 aromatic heterocycles. The molecule has 1 N–H and O–H groups in total. The smallest absolute Gasteiger partial charge is 0.122 e. The van der Waals surface area contributed by atoms with Gasteiger partial charge in [0, 0.05) is 29.6 Å². The van der Waals surface area contributed by atoms with Crippen LogP contribution in [0, 0.1) is 0 Å². The Morgan fingerprint density at radius 1 is 1.37 bits per heavy atom. The number of hydrogen-bond acceptors (Lipinski definition) is 4. The van der Waals surface area contributed by atoms with E-state index < -0.39 is 0 Å². The maximum Gasteiger partial charge on any atom is 0.122 e. The molecule has 3 nitrogen and oxygen atoms in total. The second kappa shape index (κ2) is 5.90. The Labute approximate surface area is 118 Å². The van der Waals surface area contributed by atoms with Gasteiger partial charge in [0.1, 0.15) is 5.76 Å². The lowest BCUT2D eigenvalue weighted by molar-refractivity contribution is 0.288. The van der Waals surface area contributed by atoms with Crippen LogP contribution in [0.5, 0.6) is 0 Å². The van der Waals surface area contributed by atoms with E-state index in [1.807, 2.05) is 0 Å². The Morgan fingerprint density at radius 2 is 2.26 bits per heavy atom. The van der Waals surface area contributed by atoms with Crippen molar-refractivity contribution in [2.45, 2.75) is 38.5 Å². The quantitative estimate of drug-likeness (QED) is 0.841. The van der Waals surface area contributed by atoms with Gasteiger partial charge in [-0.25, -0.2) is 0 Å². The molecule has 1 fully saturated rings. The largest absolute Gasteiger partial charge is 0.468 e. The fraction of sp³-hybridized carbons (Fsp3) is 0.467. The molecule has 0 unspecified atom stereocenters. The van der Waals surface area contributed by atoms with Gasteiger partial charge < -0.3 is 9.73 Å². The minimum Gasteiger partial charge on any atom is -0.468 e. The summed E-state index contributed by atoms with van der Waals surface area (Å²) in [5.74, 6) is 1.09. The molecule has 1 saturated carbocycles. The van der Waals surface area contributed by atoms with Crippen molar-refractivity contribution in [2.75, 3.05) is 7.05 Å². The molecule has 1 aliphatic carbocycles. The van der Waals surface area contributed by atoms with E-state index in [1.54, 1.807) is 17.6 Å². The highest BCUT2D eigenvalue weighted by molar-refractivity contribution is 7.09. The van der Waals surface area contributed by atoms with Crippen molar-refractivity contribution >= 4 is 11.3 Å². The Balaban J connectivity index is 1.54. The minimum absolute atomic E-state index is 0.742. The first-order chi connectivity index (χ1) is 9.31. The molecule has 2 heterocycles. The maximum absolute atomic E-state index is 5.63. The van der Waals surface area contributed by atoms with Crippen LogP contribution in [0.1, 0.15) is 29.0 Å². The van der Waals surface area contributed by atoms with E-state index in [0.717, 1.165) is 31.4 Å². The summed E-state index contributed by atoms with van der Waals surface area (Å²) in [5.41, 5.74) is 1.30. The number of nitrogens with zero attached hydrogens (tertiary/aromatic N) is 1. The van der Waals surface area contributed by atoms with Gasteiger partial charge in [-0.3, -0.25) is 4.90 Å². The van der Waals surface area contributed by atoms with Gasteiger partial charge in [0.2, 0.25) is 0 Å². The van der Waals surface area contributed by atoms with Crippen LogP contribution in [0.2, 0.25) is 0 Å². The number of furan rings is 1. The first-order valence-corrected chi connectivity index (χ1v) is 7.69. The van der Waals surface area contributed by atoms with Crippen molar-refractivity contribution in [1.82, 2.24) is 10.2 Å². The van der Waals surface area contributed by atoms with E-state index in [4.69, 9.17) is 4.42 Å². The first kappa shape index (κ1) is 12.9. The van der Waals surface area contributed by atoms with Crippen molar-refractivity contribution in [3.63, 3.8) is 0 Å². The highest BCUT2D eigenvalue weighted by Gasteiger charge is 2.21. The third-order valence-electron chi connectivity index (χ3n) is 3.42. The first-order valence-electron chi connectivity index (χ1n) is 6.81. The number of nitrogens with one attached hydrogen (secondary N) is 1. The molecule has 102 valence electrons. The van der Waals surface area contributed by atoms with E-state index in [2.05, 4.69) is 40.8 Å². The molecule has 3 rings (SSSR count). The van der Waals surface area contributed by atoms with Crippen LogP contribution in [0.3, 0.4) is 0 Å². The summed E-state index contributed by atoms with van der Waals surface area (Å²) in [5, 5.41) is 5.67. The fourth-order valence-electron chi connectivity index (χ4n) is 2.17. The molecule has 0 aliphatic heterocycles. The zero-order valence-electron chi connectivity index (χ0n) is 11.3. The molecule has 4 heteroatoms. The molecule has 0 spiro atoms. The average Bonchev–Trinajstić information content (AvgIpc) is 2.89. The van der Waals surface area contributed by atoms with Crippen LogP contribution in [-0.2, 0) is 19.6 Å². The Kier molecular flexibility index (Phi) is 4.01. The topological polar surface area (TPSA) is 28.4 Å². The monoisotopic (exact) mass is 276 g/mol. The Bertz CT molecular complexity index is 502. The van der Waals surface area contributed by atoms with E-state index in [9.17, 15) is 0 Å². The number of hydrogen-bond donors (Lipinski definition) is 1. The minimum atomic E-state index is 0.742. The zero-order chi connectivity index (χ0) is 13.1. The SMILES string of the molecule is CN(Cc1cccs1)Cc1occc1CNC1CC1. The van der Waals surface area contributed by atoms with Crippen molar-refractivity contribution in [1.29, 1.82) is 0 Å². The van der Waals surface area contributed by atoms with Crippen LogP contribution >= 0.6 is 11.3 Å². The normalized spacial score (nSPS) is 15.3. The highest BCUT2D eigenvalue weighted by Crippen LogP contribution is 2.21. The van der Waals surface area contributed by atoms with Crippen LogP contribution in [0.4, 0.5) is 0 Å². The molecule has 2 aromatic rings. The Morgan fingerprint density at radius 3 is 3.00 bits per heavy atom. The van der Waals surface area contributed by atoms with Crippen LogP contribution in [0.15, 0.2) is 34.3 Å². The summed E-state index contributed by atoms with van der Waals surface area (Å²) in [7, 11) is 2.14. The predicted molar refractivity (Wildman–Crippen MR) is 78.1 cm³/mol. The van der Waals surface area contributed by atoms with Gasteiger partial charge in [0.15, 0.2) is 0 Å². The molecule has 0 radical (unpaired) electrons. The van der Waals surface area contributed by atoms with Gasteiger partial charge in [0.25, 0.3) is 0 Å². The van der Waals surface area contributed by atoms with Crippen LogP contribution in [0.25, 0.3) is 0 Å². The lowest BCUT2D eigenvalue weighted by atomic mass is 10.2. The Hall–Kier alpha value is -1.10. The molecule has 0 amide bonds. The third kappa shape index (κ3) is 3.69. The van der Waals surface area contributed by atoms with Gasteiger partial charge >= 0.3 is 0 Å². The van der Waals surface area contributed by atoms with Gasteiger partial charge in [-0.1, -0.05) is 6.07 Å². The van der Waals surface area contributed by atoms with Gasteiger partial charge in [-0.05, 0) is 37.4 Å². The van der Waals surface area contributed by atoms with Gasteiger partial charge in [-0.15, -0.1) is 11.3 Å².